The van der Waals surface area contributed by atoms with Crippen LogP contribution in [0.25, 0.3) is 6.08 Å². The van der Waals surface area contributed by atoms with Crippen molar-refractivity contribution in [3.05, 3.63) is 75.4 Å². The second-order valence-electron chi connectivity index (χ2n) is 4.92. The number of alkyl halides is 3. The van der Waals surface area contributed by atoms with Gasteiger partial charge in [-0.15, -0.1) is 0 Å². The number of hydrogen-bond acceptors (Lipinski definition) is 3. The summed E-state index contributed by atoms with van der Waals surface area (Å²) in [5.41, 5.74) is 3.22. The summed E-state index contributed by atoms with van der Waals surface area (Å²) in [6.45, 7) is 0. The molecule has 2 aromatic rings. The second-order valence-corrected chi connectivity index (χ2v) is 6.66. The highest BCUT2D eigenvalue weighted by atomic mass is 35.5. The van der Waals surface area contributed by atoms with Crippen molar-refractivity contribution >= 4 is 33.7 Å². The van der Waals surface area contributed by atoms with Crippen LogP contribution in [0.1, 0.15) is 21.5 Å². The summed E-state index contributed by atoms with van der Waals surface area (Å²) in [6.07, 6.45) is -3.52. The largest absolute Gasteiger partial charge is 0.417 e. The van der Waals surface area contributed by atoms with E-state index in [1.54, 1.807) is 24.3 Å². The molecule has 0 saturated carbocycles. The Kier molecular flexibility index (Phi) is 7.52. The van der Waals surface area contributed by atoms with E-state index < -0.39 is 39.1 Å². The van der Waals surface area contributed by atoms with Crippen LogP contribution < -0.4 is 5.73 Å². The zero-order valence-electron chi connectivity index (χ0n) is 13.2. The third-order valence-corrected chi connectivity index (χ3v) is 3.55. The van der Waals surface area contributed by atoms with Gasteiger partial charge in [0.05, 0.1) is 16.5 Å². The van der Waals surface area contributed by atoms with E-state index in [9.17, 15) is 30.8 Å². The first-order valence-electron chi connectivity index (χ1n) is 6.87. The molecule has 0 spiro atoms. The molecule has 0 aliphatic heterocycles. The molecule has 0 aliphatic rings. The van der Waals surface area contributed by atoms with E-state index in [0.717, 1.165) is 6.07 Å². The fraction of sp³-hybridized carbons (Fsp3) is 0.0625. The van der Waals surface area contributed by atoms with Gasteiger partial charge in [-0.2, -0.15) is 21.6 Å². The van der Waals surface area contributed by atoms with Gasteiger partial charge in [-0.25, -0.2) is 4.39 Å². The van der Waals surface area contributed by atoms with E-state index in [1.165, 1.54) is 6.08 Å². The molecule has 0 unspecified atom stereocenters. The van der Waals surface area contributed by atoms with Gasteiger partial charge in [-0.05, 0) is 42.0 Å². The molecule has 27 heavy (non-hydrogen) atoms. The highest BCUT2D eigenvalue weighted by Gasteiger charge is 2.35. The van der Waals surface area contributed by atoms with Gasteiger partial charge in [0.25, 0.3) is 10.1 Å². The lowest BCUT2D eigenvalue weighted by molar-refractivity contribution is -0.138. The van der Waals surface area contributed by atoms with Gasteiger partial charge >= 0.3 is 6.18 Å². The highest BCUT2D eigenvalue weighted by Crippen LogP contribution is 2.32. The van der Waals surface area contributed by atoms with Crippen LogP contribution in [0.3, 0.4) is 0 Å². The van der Waals surface area contributed by atoms with Gasteiger partial charge in [-0.1, -0.05) is 23.7 Å². The molecule has 0 fully saturated rings. The zero-order valence-corrected chi connectivity index (χ0v) is 14.8. The molecule has 0 atom stereocenters. The van der Waals surface area contributed by atoms with Gasteiger partial charge < -0.3 is 5.73 Å². The van der Waals surface area contributed by atoms with E-state index in [1.807, 2.05) is 0 Å². The number of nitrogens with two attached hydrogens (primary N) is 1. The third kappa shape index (κ3) is 8.20. The van der Waals surface area contributed by atoms with Crippen LogP contribution in [0, 0.1) is 5.82 Å². The average molecular weight is 426 g/mol. The van der Waals surface area contributed by atoms with Crippen LogP contribution in [-0.4, -0.2) is 18.9 Å². The lowest BCUT2D eigenvalue weighted by Gasteiger charge is -2.09. The molecule has 0 aliphatic carbocycles. The molecule has 0 bridgehead atoms. The molecule has 146 valence electrons. The van der Waals surface area contributed by atoms with Crippen LogP contribution in [0.2, 0.25) is 5.02 Å². The van der Waals surface area contributed by atoms with Crippen molar-refractivity contribution in [2.45, 2.75) is 6.18 Å². The molecule has 2 rings (SSSR count). The summed E-state index contributed by atoms with van der Waals surface area (Å²) < 4.78 is 78.2. The lowest BCUT2D eigenvalue weighted by Crippen LogP contribution is -2.18. The standard InChI is InChI=1S/C8H7ClO3S.C8H5F4NO/c9-8-3-1-2-7(6-8)4-5-13(10,11)12;9-4-1-2-5(7(13)14)6(3-4)8(10,11)12/h1-6H,(H,10,11,12);1-3H,(H2,13,14)/b5-4+;. The number of carbonyl (C=O) groups excluding carboxylic acids is 1. The first kappa shape index (κ1) is 22.6. The molecule has 5 nitrogen and oxygen atoms in total. The van der Waals surface area contributed by atoms with Crippen molar-refractivity contribution in [2.75, 3.05) is 0 Å². The Morgan fingerprint density at radius 2 is 1.78 bits per heavy atom. The quantitative estimate of drug-likeness (QED) is 0.570. The summed E-state index contributed by atoms with van der Waals surface area (Å²) in [4.78, 5) is 10.6. The number of benzene rings is 2. The van der Waals surface area contributed by atoms with Crippen LogP contribution in [0.15, 0.2) is 47.9 Å². The van der Waals surface area contributed by atoms with Gasteiger partial charge in [-0.3, -0.25) is 9.35 Å². The average Bonchev–Trinajstić information content (AvgIpc) is 2.52. The molecule has 1 amide bonds. The normalized spacial score (nSPS) is 11.8. The predicted octanol–water partition coefficient (Wildman–Crippen LogP) is 4.14. The summed E-state index contributed by atoms with van der Waals surface area (Å²) in [7, 11) is -4.06. The van der Waals surface area contributed by atoms with Gasteiger partial charge in [0, 0.05) is 5.02 Å². The lowest BCUT2D eigenvalue weighted by atomic mass is 10.1. The molecule has 0 radical (unpaired) electrons. The Labute approximate surface area is 156 Å². The molecule has 11 heteroatoms. The van der Waals surface area contributed by atoms with Crippen molar-refractivity contribution in [1.82, 2.24) is 0 Å². The molecule has 3 N–H and O–H groups in total. The number of halogens is 5. The first-order chi connectivity index (χ1) is 12.3. The Morgan fingerprint density at radius 3 is 2.26 bits per heavy atom. The summed E-state index contributed by atoms with van der Waals surface area (Å²) in [5, 5.41) is 1.22. The second kappa shape index (κ2) is 8.98. The van der Waals surface area contributed by atoms with Crippen molar-refractivity contribution in [2.24, 2.45) is 5.73 Å². The van der Waals surface area contributed by atoms with Crippen LogP contribution in [-0.2, 0) is 16.3 Å². The number of rotatable bonds is 3. The Balaban J connectivity index is 0.000000271. The van der Waals surface area contributed by atoms with Crippen LogP contribution >= 0.6 is 11.6 Å². The fourth-order valence-corrected chi connectivity index (χ4v) is 2.27. The van der Waals surface area contributed by atoms with E-state index >= 15 is 0 Å². The van der Waals surface area contributed by atoms with E-state index in [4.69, 9.17) is 21.9 Å². The smallest absolute Gasteiger partial charge is 0.366 e. The van der Waals surface area contributed by atoms with Gasteiger partial charge in [0.15, 0.2) is 0 Å². The number of carbonyl (C=O) groups is 1. The minimum Gasteiger partial charge on any atom is -0.366 e. The SMILES string of the molecule is NC(=O)c1ccc(F)cc1C(F)(F)F.O=S(=O)(O)/C=C/c1cccc(Cl)c1. The van der Waals surface area contributed by atoms with Crippen LogP contribution in [0.5, 0.6) is 0 Å². The minimum absolute atomic E-state index is 0.236. The Bertz CT molecular complexity index is 959. The fourth-order valence-electron chi connectivity index (χ4n) is 1.74. The van der Waals surface area contributed by atoms with Gasteiger partial charge in [0.1, 0.15) is 5.82 Å². The monoisotopic (exact) mass is 425 g/mol. The third-order valence-electron chi connectivity index (χ3n) is 2.83. The molecular weight excluding hydrogens is 414 g/mol. The highest BCUT2D eigenvalue weighted by molar-refractivity contribution is 7.88. The first-order valence-corrected chi connectivity index (χ1v) is 8.75. The van der Waals surface area contributed by atoms with E-state index in [2.05, 4.69) is 0 Å². The van der Waals surface area contributed by atoms with Crippen molar-refractivity contribution in [3.63, 3.8) is 0 Å². The molecule has 0 saturated heterocycles. The maximum Gasteiger partial charge on any atom is 0.417 e. The van der Waals surface area contributed by atoms with Crippen molar-refractivity contribution < 1.29 is 35.3 Å². The Morgan fingerprint density at radius 1 is 1.15 bits per heavy atom. The summed E-state index contributed by atoms with van der Waals surface area (Å²) in [6, 6.07) is 8.31. The van der Waals surface area contributed by atoms with E-state index in [-0.39, 0.29) is 6.07 Å². The topological polar surface area (TPSA) is 97.5 Å². The molecular formula is C16H12ClF4NO4S. The molecule has 0 heterocycles. The number of primary amides is 1. The zero-order chi connectivity index (χ0) is 20.8. The minimum atomic E-state index is -4.79. The van der Waals surface area contributed by atoms with Gasteiger partial charge in [0.2, 0.25) is 5.91 Å². The van der Waals surface area contributed by atoms with E-state index in [0.29, 0.717) is 22.1 Å². The molecule has 2 aromatic carbocycles. The predicted molar refractivity (Wildman–Crippen MR) is 92.0 cm³/mol. The van der Waals surface area contributed by atoms with Crippen molar-refractivity contribution in [3.8, 4) is 0 Å². The number of amides is 1. The van der Waals surface area contributed by atoms with Crippen LogP contribution in [0.4, 0.5) is 17.6 Å². The summed E-state index contributed by atoms with van der Waals surface area (Å²) >= 11 is 5.65. The Hall–Kier alpha value is -2.43. The number of hydrogen-bond donors (Lipinski definition) is 2. The van der Waals surface area contributed by atoms with Crippen molar-refractivity contribution in [1.29, 1.82) is 0 Å². The molecule has 0 aromatic heterocycles. The maximum absolute atomic E-state index is 12.5. The summed E-state index contributed by atoms with van der Waals surface area (Å²) in [5.74, 6) is -2.31. The maximum atomic E-state index is 12.5.